The second kappa shape index (κ2) is 8.87. The molecule has 2 unspecified atom stereocenters. The van der Waals surface area contributed by atoms with Crippen LogP contribution in [0.1, 0.15) is 56.9 Å². The number of aromatic hydroxyl groups is 1. The summed E-state index contributed by atoms with van der Waals surface area (Å²) in [5.41, 5.74) is 3.24. The molecule has 2 aliphatic heterocycles. The zero-order valence-electron chi connectivity index (χ0n) is 16.3. The van der Waals surface area contributed by atoms with Gasteiger partial charge in [-0.05, 0) is 69.3 Å². The number of nitrogens with zero attached hydrogens (tertiary/aromatic N) is 1. The summed E-state index contributed by atoms with van der Waals surface area (Å²) in [5.74, 6) is -0.0481. The Morgan fingerprint density at radius 3 is 2.96 bits per heavy atom. The van der Waals surface area contributed by atoms with Gasteiger partial charge in [0.2, 0.25) is 0 Å². The molecular formula is C24H29FN2O. The number of unbranched alkanes of at least 4 members (excludes halogenated alkanes) is 2. The van der Waals surface area contributed by atoms with Crippen molar-refractivity contribution in [2.45, 2.75) is 57.4 Å². The molecule has 1 fully saturated rings. The van der Waals surface area contributed by atoms with Crippen molar-refractivity contribution in [1.82, 2.24) is 5.32 Å². The molecule has 3 aliphatic rings. The lowest BCUT2D eigenvalue weighted by Gasteiger charge is -2.11. The summed E-state index contributed by atoms with van der Waals surface area (Å²) in [5, 5.41) is 13.3. The second-order valence-corrected chi connectivity index (χ2v) is 8.06. The lowest BCUT2D eigenvalue weighted by molar-refractivity contribution is 0.472. The Morgan fingerprint density at radius 2 is 2.11 bits per heavy atom. The molecule has 2 atom stereocenters. The van der Waals surface area contributed by atoms with E-state index < -0.39 is 0 Å². The number of rotatable bonds is 7. The number of nitrogens with one attached hydrogen (secondary N) is 1. The quantitative estimate of drug-likeness (QED) is 0.611. The first-order valence-electron chi connectivity index (χ1n) is 10.6. The van der Waals surface area contributed by atoms with Crippen LogP contribution in [0.15, 0.2) is 53.2 Å². The zero-order chi connectivity index (χ0) is 19.3. The third kappa shape index (κ3) is 4.44. The van der Waals surface area contributed by atoms with Gasteiger partial charge in [0.15, 0.2) is 0 Å². The monoisotopic (exact) mass is 380 g/mol. The summed E-state index contributed by atoms with van der Waals surface area (Å²) in [6.45, 7) is 1.18. The number of phenols is 1. The molecule has 0 saturated carbocycles. The SMILES string of the molecule is Oc1ccc(F)c(C2=C3N=C(CCCCCC4CCCN4)C=CCC3C=C2)c1. The number of hydrogen-bond donors (Lipinski definition) is 2. The number of aliphatic imine (C=N–C) groups is 1. The Morgan fingerprint density at radius 1 is 1.18 bits per heavy atom. The number of fused-ring (bicyclic) bond motifs is 1. The largest absolute Gasteiger partial charge is 0.508 e. The van der Waals surface area contributed by atoms with Crippen LogP contribution in [0.25, 0.3) is 5.57 Å². The molecule has 0 radical (unpaired) electrons. The Bertz CT molecular complexity index is 831. The normalized spacial score (nSPS) is 23.8. The summed E-state index contributed by atoms with van der Waals surface area (Å²) in [6.07, 6.45) is 17.8. The predicted octanol–water partition coefficient (Wildman–Crippen LogP) is 5.53. The Kier molecular flexibility index (Phi) is 6.06. The van der Waals surface area contributed by atoms with E-state index in [-0.39, 0.29) is 17.5 Å². The summed E-state index contributed by atoms with van der Waals surface area (Å²) < 4.78 is 14.3. The van der Waals surface area contributed by atoms with E-state index in [2.05, 4.69) is 23.5 Å². The van der Waals surface area contributed by atoms with Crippen molar-refractivity contribution in [3.05, 3.63) is 59.6 Å². The van der Waals surface area contributed by atoms with Crippen molar-refractivity contribution in [2.75, 3.05) is 6.54 Å². The maximum Gasteiger partial charge on any atom is 0.131 e. The highest BCUT2D eigenvalue weighted by molar-refractivity contribution is 5.97. The molecule has 1 aromatic rings. The third-order valence-electron chi connectivity index (χ3n) is 5.97. The maximum absolute atomic E-state index is 14.3. The standard InChI is InChI=1S/C24H29FN2O/c25-23-14-12-20(28)16-22(23)21-13-11-17-6-4-9-19(27-24(17)21)8-3-1-2-7-18-10-5-15-26-18/h4,9,11-14,16-18,26,28H,1-3,5-8,10,15H2. The van der Waals surface area contributed by atoms with E-state index >= 15 is 0 Å². The lowest BCUT2D eigenvalue weighted by Crippen LogP contribution is -2.20. The highest BCUT2D eigenvalue weighted by Crippen LogP contribution is 2.38. The molecule has 4 rings (SSSR count). The van der Waals surface area contributed by atoms with E-state index in [9.17, 15) is 9.50 Å². The Hall–Kier alpha value is -2.20. The molecule has 1 aromatic carbocycles. The number of benzene rings is 1. The predicted molar refractivity (Wildman–Crippen MR) is 113 cm³/mol. The van der Waals surface area contributed by atoms with E-state index in [1.807, 2.05) is 6.08 Å². The van der Waals surface area contributed by atoms with Crippen LogP contribution in [0.2, 0.25) is 0 Å². The summed E-state index contributed by atoms with van der Waals surface area (Å²) in [7, 11) is 0. The molecule has 0 amide bonds. The molecule has 148 valence electrons. The van der Waals surface area contributed by atoms with Crippen LogP contribution in [-0.2, 0) is 0 Å². The van der Waals surface area contributed by atoms with E-state index in [0.29, 0.717) is 5.56 Å². The van der Waals surface area contributed by atoms with Gasteiger partial charge in [-0.15, -0.1) is 0 Å². The van der Waals surface area contributed by atoms with Crippen LogP contribution >= 0.6 is 0 Å². The van der Waals surface area contributed by atoms with Crippen molar-refractivity contribution >= 4 is 11.3 Å². The maximum atomic E-state index is 14.3. The van der Waals surface area contributed by atoms with Crippen molar-refractivity contribution < 1.29 is 9.50 Å². The fourth-order valence-corrected chi connectivity index (χ4v) is 4.43. The number of halogens is 1. The second-order valence-electron chi connectivity index (χ2n) is 8.06. The smallest absolute Gasteiger partial charge is 0.131 e. The highest BCUT2D eigenvalue weighted by Gasteiger charge is 2.24. The first-order chi connectivity index (χ1) is 13.7. The number of allylic oxidation sites excluding steroid dienone is 5. The summed E-state index contributed by atoms with van der Waals surface area (Å²) in [6, 6.07) is 4.92. The summed E-state index contributed by atoms with van der Waals surface area (Å²) >= 11 is 0. The molecule has 2 N–H and O–H groups in total. The van der Waals surface area contributed by atoms with Gasteiger partial charge < -0.3 is 10.4 Å². The Labute approximate surface area is 166 Å². The van der Waals surface area contributed by atoms with Gasteiger partial charge in [0, 0.05) is 28.8 Å². The van der Waals surface area contributed by atoms with E-state index in [0.717, 1.165) is 42.3 Å². The van der Waals surface area contributed by atoms with Gasteiger partial charge in [0.1, 0.15) is 11.6 Å². The van der Waals surface area contributed by atoms with E-state index in [1.165, 1.54) is 56.8 Å². The van der Waals surface area contributed by atoms with Crippen LogP contribution in [0.3, 0.4) is 0 Å². The van der Waals surface area contributed by atoms with Gasteiger partial charge in [0.25, 0.3) is 0 Å². The van der Waals surface area contributed by atoms with Crippen molar-refractivity contribution in [2.24, 2.45) is 10.9 Å². The minimum Gasteiger partial charge on any atom is -0.508 e. The van der Waals surface area contributed by atoms with E-state index in [4.69, 9.17) is 4.99 Å². The highest BCUT2D eigenvalue weighted by atomic mass is 19.1. The fraction of sp³-hybridized carbons (Fsp3) is 0.458. The molecule has 0 spiro atoms. The number of hydrogen-bond acceptors (Lipinski definition) is 3. The molecular weight excluding hydrogens is 351 g/mol. The molecule has 0 aromatic heterocycles. The van der Waals surface area contributed by atoms with Gasteiger partial charge in [-0.1, -0.05) is 31.1 Å². The third-order valence-corrected chi connectivity index (χ3v) is 5.97. The van der Waals surface area contributed by atoms with Crippen molar-refractivity contribution in [3.8, 4) is 5.75 Å². The van der Waals surface area contributed by atoms with Crippen LogP contribution in [0.4, 0.5) is 4.39 Å². The van der Waals surface area contributed by atoms with Gasteiger partial charge in [-0.3, -0.25) is 4.99 Å². The topological polar surface area (TPSA) is 44.6 Å². The minimum atomic E-state index is -0.319. The molecule has 0 bridgehead atoms. The summed E-state index contributed by atoms with van der Waals surface area (Å²) in [4.78, 5) is 4.93. The average Bonchev–Trinajstić information content (AvgIpc) is 3.29. The van der Waals surface area contributed by atoms with Gasteiger partial charge in [-0.25, -0.2) is 4.39 Å². The molecule has 1 saturated heterocycles. The minimum absolute atomic E-state index is 0.0778. The van der Waals surface area contributed by atoms with Crippen LogP contribution in [-0.4, -0.2) is 23.4 Å². The number of phenolic OH excluding ortho intramolecular Hbond substituents is 1. The average molecular weight is 381 g/mol. The van der Waals surface area contributed by atoms with Crippen LogP contribution in [0, 0.1) is 11.7 Å². The van der Waals surface area contributed by atoms with Gasteiger partial charge in [-0.2, -0.15) is 0 Å². The molecule has 1 aliphatic carbocycles. The lowest BCUT2D eigenvalue weighted by atomic mass is 10.0. The molecule has 28 heavy (non-hydrogen) atoms. The molecule has 3 nitrogen and oxygen atoms in total. The van der Waals surface area contributed by atoms with E-state index in [1.54, 1.807) is 0 Å². The van der Waals surface area contributed by atoms with Crippen molar-refractivity contribution in [3.63, 3.8) is 0 Å². The van der Waals surface area contributed by atoms with Gasteiger partial charge >= 0.3 is 0 Å². The van der Waals surface area contributed by atoms with Crippen LogP contribution < -0.4 is 5.32 Å². The van der Waals surface area contributed by atoms with Gasteiger partial charge in [0.05, 0.1) is 5.70 Å². The fourth-order valence-electron chi connectivity index (χ4n) is 4.43. The van der Waals surface area contributed by atoms with Crippen LogP contribution in [0.5, 0.6) is 5.75 Å². The zero-order valence-corrected chi connectivity index (χ0v) is 16.3. The first kappa shape index (κ1) is 19.1. The first-order valence-corrected chi connectivity index (χ1v) is 10.6. The van der Waals surface area contributed by atoms with Crippen molar-refractivity contribution in [1.29, 1.82) is 0 Å². The Balaban J connectivity index is 1.42. The molecule has 4 heteroatoms. The molecule has 2 heterocycles.